The predicted molar refractivity (Wildman–Crippen MR) is 95.8 cm³/mol. The quantitative estimate of drug-likeness (QED) is 0.786. The maximum atomic E-state index is 12.9. The molecule has 0 bridgehead atoms. The van der Waals surface area contributed by atoms with Crippen molar-refractivity contribution in [2.24, 2.45) is 0 Å². The van der Waals surface area contributed by atoms with Crippen molar-refractivity contribution in [2.45, 2.75) is 12.0 Å². The molecule has 0 saturated heterocycles. The minimum Gasteiger partial charge on any atom is -0.448 e. The Bertz CT molecular complexity index is 1000. The maximum Gasteiger partial charge on any atom is 0.310 e. The molecular formula is C19H17NO3S. The van der Waals surface area contributed by atoms with E-state index in [1.165, 1.54) is 0 Å². The third kappa shape index (κ3) is 2.08. The van der Waals surface area contributed by atoms with Crippen LogP contribution in [0, 0.1) is 0 Å². The Morgan fingerprint density at radius 2 is 1.67 bits per heavy atom. The third-order valence-electron chi connectivity index (χ3n) is 4.39. The van der Waals surface area contributed by atoms with Gasteiger partial charge in [-0.3, -0.25) is 0 Å². The summed E-state index contributed by atoms with van der Waals surface area (Å²) in [6.45, 7) is 1.63. The van der Waals surface area contributed by atoms with Crippen molar-refractivity contribution < 1.29 is 13.2 Å². The largest absolute Gasteiger partial charge is 0.448 e. The van der Waals surface area contributed by atoms with Gasteiger partial charge in [0.05, 0.1) is 11.4 Å². The van der Waals surface area contributed by atoms with Crippen molar-refractivity contribution >= 4 is 26.3 Å². The molecule has 1 aliphatic rings. The highest BCUT2D eigenvalue weighted by molar-refractivity contribution is 7.92. The summed E-state index contributed by atoms with van der Waals surface area (Å²) in [5.41, 5.74) is 1.27. The monoisotopic (exact) mass is 339 g/mol. The van der Waals surface area contributed by atoms with E-state index >= 15 is 0 Å². The van der Waals surface area contributed by atoms with Gasteiger partial charge in [0, 0.05) is 5.56 Å². The minimum absolute atomic E-state index is 0.0270. The number of ether oxygens (including phenoxy) is 1. The van der Waals surface area contributed by atoms with Crippen LogP contribution < -0.4 is 10.1 Å². The molecule has 122 valence electrons. The molecule has 1 heterocycles. The number of benzene rings is 3. The third-order valence-corrected chi connectivity index (χ3v) is 6.44. The molecule has 0 aliphatic carbocycles. The summed E-state index contributed by atoms with van der Waals surface area (Å²) in [5, 5.41) is 3.55. The van der Waals surface area contributed by atoms with E-state index in [9.17, 15) is 8.42 Å². The van der Waals surface area contributed by atoms with E-state index in [0.29, 0.717) is 17.0 Å². The molecular weight excluding hydrogens is 322 g/mol. The second-order valence-electron chi connectivity index (χ2n) is 5.81. The van der Waals surface area contributed by atoms with Crippen molar-refractivity contribution in [1.82, 2.24) is 0 Å². The molecule has 5 heteroatoms. The topological polar surface area (TPSA) is 55.4 Å². The summed E-state index contributed by atoms with van der Waals surface area (Å²) < 4.78 is 31.9. The Morgan fingerprint density at radius 3 is 2.42 bits per heavy atom. The van der Waals surface area contributed by atoms with Crippen LogP contribution in [0.2, 0.25) is 0 Å². The Kier molecular flexibility index (Phi) is 3.28. The van der Waals surface area contributed by atoms with E-state index in [-0.39, 0.29) is 5.75 Å². The zero-order valence-electron chi connectivity index (χ0n) is 13.2. The smallest absolute Gasteiger partial charge is 0.310 e. The van der Waals surface area contributed by atoms with Gasteiger partial charge in [-0.2, -0.15) is 0 Å². The van der Waals surface area contributed by atoms with Crippen molar-refractivity contribution in [1.29, 1.82) is 0 Å². The predicted octanol–water partition coefficient (Wildman–Crippen LogP) is 3.89. The van der Waals surface area contributed by atoms with Gasteiger partial charge in [-0.15, -0.1) is 0 Å². The van der Waals surface area contributed by atoms with E-state index in [0.717, 1.165) is 10.8 Å². The van der Waals surface area contributed by atoms with Crippen LogP contribution in [-0.4, -0.2) is 14.2 Å². The van der Waals surface area contributed by atoms with E-state index in [4.69, 9.17) is 4.74 Å². The van der Waals surface area contributed by atoms with Gasteiger partial charge in [0.2, 0.25) is 9.84 Å². The summed E-state index contributed by atoms with van der Waals surface area (Å²) in [6, 6.07) is 20.7. The Balaban J connectivity index is 1.94. The van der Waals surface area contributed by atoms with Crippen molar-refractivity contribution in [3.63, 3.8) is 0 Å². The van der Waals surface area contributed by atoms with E-state index in [2.05, 4.69) is 5.32 Å². The average molecular weight is 339 g/mol. The summed E-state index contributed by atoms with van der Waals surface area (Å²) in [7, 11) is -3.58. The minimum atomic E-state index is -3.58. The molecule has 0 amide bonds. The fraction of sp³-hybridized carbons (Fsp3) is 0.158. The fourth-order valence-electron chi connectivity index (χ4n) is 3.07. The number of nitrogens with one attached hydrogen (secondary N) is 1. The molecule has 0 radical (unpaired) electrons. The zero-order valence-corrected chi connectivity index (χ0v) is 14.0. The summed E-state index contributed by atoms with van der Waals surface area (Å²) >= 11 is 0. The molecule has 1 unspecified atom stereocenters. The molecule has 3 aromatic carbocycles. The molecule has 0 fully saturated rings. The SMILES string of the molecule is CCS(=O)(=O)C1(c2ccc3ccccc3c2)Nc2ccccc2O1. The van der Waals surface area contributed by atoms with Crippen LogP contribution in [0.25, 0.3) is 10.8 Å². The van der Waals surface area contributed by atoms with Gasteiger partial charge in [-0.05, 0) is 29.0 Å². The Labute approximate surface area is 141 Å². The molecule has 4 nitrogen and oxygen atoms in total. The highest BCUT2D eigenvalue weighted by Crippen LogP contribution is 2.45. The fourth-order valence-corrected chi connectivity index (χ4v) is 4.44. The van der Waals surface area contributed by atoms with Gasteiger partial charge < -0.3 is 10.1 Å². The van der Waals surface area contributed by atoms with E-state index in [1.54, 1.807) is 13.0 Å². The van der Waals surface area contributed by atoms with Gasteiger partial charge >= 0.3 is 5.06 Å². The lowest BCUT2D eigenvalue weighted by molar-refractivity contribution is 0.205. The first-order valence-corrected chi connectivity index (χ1v) is 9.49. The summed E-state index contributed by atoms with van der Waals surface area (Å²) in [5.74, 6) is 0.517. The van der Waals surface area contributed by atoms with Crippen LogP contribution in [0.5, 0.6) is 5.75 Å². The number of para-hydroxylation sites is 2. The number of sulfone groups is 1. The van der Waals surface area contributed by atoms with Gasteiger partial charge in [0.15, 0.2) is 0 Å². The first-order valence-electron chi connectivity index (χ1n) is 7.83. The number of hydrogen-bond acceptors (Lipinski definition) is 4. The highest BCUT2D eigenvalue weighted by Gasteiger charge is 2.51. The summed E-state index contributed by atoms with van der Waals surface area (Å²) in [4.78, 5) is 0. The number of anilines is 1. The first-order chi connectivity index (χ1) is 11.6. The van der Waals surface area contributed by atoms with Crippen molar-refractivity contribution in [3.8, 4) is 5.75 Å². The zero-order chi connectivity index (χ0) is 16.8. The lowest BCUT2D eigenvalue weighted by atomic mass is 10.1. The molecule has 4 rings (SSSR count). The van der Waals surface area contributed by atoms with Gasteiger partial charge in [-0.1, -0.05) is 55.5 Å². The van der Waals surface area contributed by atoms with Crippen LogP contribution in [0.4, 0.5) is 5.69 Å². The normalized spacial score (nSPS) is 19.5. The lowest BCUT2D eigenvalue weighted by Crippen LogP contribution is -2.46. The second-order valence-corrected chi connectivity index (χ2v) is 8.19. The number of fused-ring (bicyclic) bond motifs is 2. The van der Waals surface area contributed by atoms with Crippen molar-refractivity contribution in [3.05, 3.63) is 72.3 Å². The standard InChI is InChI=1S/C19H17NO3S/c1-2-24(21,22)19(20-17-9-5-6-10-18(17)23-19)16-12-11-14-7-3-4-8-15(14)13-16/h3-13,20H,2H2,1H3. The Hall–Kier alpha value is -2.53. The number of hydrogen-bond donors (Lipinski definition) is 1. The van der Waals surface area contributed by atoms with Crippen LogP contribution in [0.3, 0.4) is 0 Å². The highest BCUT2D eigenvalue weighted by atomic mass is 32.2. The molecule has 1 N–H and O–H groups in total. The molecule has 3 aromatic rings. The second kappa shape index (κ2) is 5.24. The molecule has 0 spiro atoms. The van der Waals surface area contributed by atoms with E-state index in [1.807, 2.05) is 60.7 Å². The molecule has 1 aliphatic heterocycles. The van der Waals surface area contributed by atoms with Gasteiger partial charge in [0.1, 0.15) is 5.75 Å². The maximum absolute atomic E-state index is 12.9. The summed E-state index contributed by atoms with van der Waals surface area (Å²) in [6.07, 6.45) is 0. The van der Waals surface area contributed by atoms with Gasteiger partial charge in [-0.25, -0.2) is 8.42 Å². The van der Waals surface area contributed by atoms with Gasteiger partial charge in [0.25, 0.3) is 0 Å². The average Bonchev–Trinajstić information content (AvgIpc) is 3.02. The Morgan fingerprint density at radius 1 is 0.958 bits per heavy atom. The van der Waals surface area contributed by atoms with Crippen LogP contribution >= 0.6 is 0 Å². The van der Waals surface area contributed by atoms with Crippen LogP contribution in [-0.2, 0) is 14.9 Å². The van der Waals surface area contributed by atoms with Crippen molar-refractivity contribution in [2.75, 3.05) is 11.1 Å². The molecule has 0 aromatic heterocycles. The number of rotatable bonds is 3. The molecule has 1 atom stereocenters. The van der Waals surface area contributed by atoms with Crippen LogP contribution in [0.1, 0.15) is 12.5 Å². The van der Waals surface area contributed by atoms with Crippen LogP contribution in [0.15, 0.2) is 66.7 Å². The first kappa shape index (κ1) is 15.0. The molecule has 0 saturated carbocycles. The molecule has 24 heavy (non-hydrogen) atoms. The van der Waals surface area contributed by atoms with E-state index < -0.39 is 14.9 Å². The lowest BCUT2D eigenvalue weighted by Gasteiger charge is -2.29.